The molecule has 1 heterocycles. The van der Waals surface area contributed by atoms with Crippen molar-refractivity contribution in [3.05, 3.63) is 59.4 Å². The average Bonchev–Trinajstić information content (AvgIpc) is 2.37. The van der Waals surface area contributed by atoms with Gasteiger partial charge in [0, 0.05) is 18.4 Å². The van der Waals surface area contributed by atoms with Gasteiger partial charge in [0.1, 0.15) is 4.99 Å². The summed E-state index contributed by atoms with van der Waals surface area (Å²) >= 11 is 4.90. The van der Waals surface area contributed by atoms with E-state index in [9.17, 15) is 0 Å². The number of benzene rings is 1. The predicted octanol–water partition coefficient (Wildman–Crippen LogP) is 2.64. The van der Waals surface area contributed by atoms with Crippen molar-refractivity contribution in [2.45, 2.75) is 13.5 Å². The van der Waals surface area contributed by atoms with Gasteiger partial charge in [-0.1, -0.05) is 42.0 Å². The molecule has 0 amide bonds. The summed E-state index contributed by atoms with van der Waals surface area (Å²) in [6, 6.07) is 12.1. The minimum absolute atomic E-state index is 0.314. The maximum Gasteiger partial charge on any atom is 0.122 e. The zero-order chi connectivity index (χ0) is 13.0. The molecule has 92 valence electrons. The number of anilines is 1. The lowest BCUT2D eigenvalue weighted by atomic mass is 10.1. The van der Waals surface area contributed by atoms with E-state index in [0.29, 0.717) is 10.7 Å². The summed E-state index contributed by atoms with van der Waals surface area (Å²) in [7, 11) is 0. The third-order valence-corrected chi connectivity index (χ3v) is 2.80. The van der Waals surface area contributed by atoms with Gasteiger partial charge in [0.05, 0.1) is 5.69 Å². The van der Waals surface area contributed by atoms with E-state index in [4.69, 9.17) is 18.0 Å². The monoisotopic (exact) mass is 257 g/mol. The van der Waals surface area contributed by atoms with Gasteiger partial charge in [-0.15, -0.1) is 0 Å². The molecule has 18 heavy (non-hydrogen) atoms. The van der Waals surface area contributed by atoms with E-state index < -0.39 is 0 Å². The van der Waals surface area contributed by atoms with Crippen LogP contribution in [-0.2, 0) is 6.54 Å². The van der Waals surface area contributed by atoms with Crippen molar-refractivity contribution in [1.82, 2.24) is 4.98 Å². The highest BCUT2D eigenvalue weighted by molar-refractivity contribution is 7.80. The fraction of sp³-hybridized carbons (Fsp3) is 0.143. The van der Waals surface area contributed by atoms with Crippen molar-refractivity contribution < 1.29 is 0 Å². The van der Waals surface area contributed by atoms with Crippen molar-refractivity contribution >= 4 is 22.9 Å². The van der Waals surface area contributed by atoms with Crippen LogP contribution in [0.25, 0.3) is 0 Å². The van der Waals surface area contributed by atoms with Crippen LogP contribution in [0.15, 0.2) is 42.6 Å². The molecule has 0 radical (unpaired) electrons. The molecule has 0 aliphatic rings. The van der Waals surface area contributed by atoms with Gasteiger partial charge < -0.3 is 11.1 Å². The van der Waals surface area contributed by atoms with E-state index in [1.54, 1.807) is 6.20 Å². The smallest absolute Gasteiger partial charge is 0.122 e. The van der Waals surface area contributed by atoms with Gasteiger partial charge in [-0.05, 0) is 24.6 Å². The Labute approximate surface area is 112 Å². The van der Waals surface area contributed by atoms with Crippen LogP contribution in [-0.4, -0.2) is 9.97 Å². The Morgan fingerprint density at radius 3 is 2.89 bits per heavy atom. The predicted molar refractivity (Wildman–Crippen MR) is 78.6 cm³/mol. The Kier molecular flexibility index (Phi) is 3.89. The SMILES string of the molecule is Cc1cccc(CNc2ccnc(C(N)=S)c2)c1. The summed E-state index contributed by atoms with van der Waals surface area (Å²) < 4.78 is 0. The molecule has 0 unspecified atom stereocenters. The van der Waals surface area contributed by atoms with Crippen molar-refractivity contribution in [3.8, 4) is 0 Å². The summed E-state index contributed by atoms with van der Waals surface area (Å²) in [6.07, 6.45) is 1.70. The molecular formula is C14H15N3S. The van der Waals surface area contributed by atoms with Crippen LogP contribution in [0.2, 0.25) is 0 Å². The molecule has 0 aliphatic heterocycles. The third-order valence-electron chi connectivity index (χ3n) is 2.59. The standard InChI is InChI=1S/C14H15N3S/c1-10-3-2-4-11(7-10)9-17-12-5-6-16-13(8-12)14(15)18/h2-8H,9H2,1H3,(H2,15,18)(H,16,17). The molecule has 0 aliphatic carbocycles. The highest BCUT2D eigenvalue weighted by atomic mass is 32.1. The van der Waals surface area contributed by atoms with Crippen LogP contribution in [0.3, 0.4) is 0 Å². The maximum atomic E-state index is 5.55. The quantitative estimate of drug-likeness (QED) is 0.827. The molecule has 1 aromatic heterocycles. The largest absolute Gasteiger partial charge is 0.388 e. The number of thiocarbonyl (C=S) groups is 1. The highest BCUT2D eigenvalue weighted by Gasteiger charge is 2.00. The van der Waals surface area contributed by atoms with Crippen LogP contribution in [0.4, 0.5) is 5.69 Å². The Hall–Kier alpha value is -1.94. The van der Waals surface area contributed by atoms with E-state index >= 15 is 0 Å². The van der Waals surface area contributed by atoms with Crippen molar-refractivity contribution in [3.63, 3.8) is 0 Å². The van der Waals surface area contributed by atoms with Gasteiger partial charge >= 0.3 is 0 Å². The van der Waals surface area contributed by atoms with E-state index in [1.165, 1.54) is 11.1 Å². The molecule has 2 rings (SSSR count). The zero-order valence-electron chi connectivity index (χ0n) is 10.2. The second-order valence-electron chi connectivity index (χ2n) is 4.14. The first-order valence-corrected chi connectivity index (χ1v) is 6.11. The van der Waals surface area contributed by atoms with Crippen LogP contribution < -0.4 is 11.1 Å². The fourth-order valence-electron chi connectivity index (χ4n) is 1.70. The van der Waals surface area contributed by atoms with Gasteiger partial charge in [0.2, 0.25) is 0 Å². The van der Waals surface area contributed by atoms with Crippen molar-refractivity contribution in [2.24, 2.45) is 5.73 Å². The molecule has 0 atom stereocenters. The van der Waals surface area contributed by atoms with Crippen molar-refractivity contribution in [2.75, 3.05) is 5.32 Å². The average molecular weight is 257 g/mol. The van der Waals surface area contributed by atoms with Crippen LogP contribution in [0.5, 0.6) is 0 Å². The molecule has 0 fully saturated rings. The van der Waals surface area contributed by atoms with Gasteiger partial charge in [-0.2, -0.15) is 0 Å². The minimum atomic E-state index is 0.314. The fourth-order valence-corrected chi connectivity index (χ4v) is 1.81. The van der Waals surface area contributed by atoms with Crippen LogP contribution >= 0.6 is 12.2 Å². The van der Waals surface area contributed by atoms with Gasteiger partial charge in [-0.25, -0.2) is 0 Å². The number of hydrogen-bond acceptors (Lipinski definition) is 3. The first kappa shape index (κ1) is 12.5. The molecular weight excluding hydrogens is 242 g/mol. The zero-order valence-corrected chi connectivity index (χ0v) is 11.0. The summed E-state index contributed by atoms with van der Waals surface area (Å²) in [5, 5.41) is 3.33. The Morgan fingerprint density at radius 1 is 1.33 bits per heavy atom. The number of nitrogens with one attached hydrogen (secondary N) is 1. The second-order valence-corrected chi connectivity index (χ2v) is 4.58. The number of pyridine rings is 1. The van der Waals surface area contributed by atoms with Crippen LogP contribution in [0.1, 0.15) is 16.8 Å². The van der Waals surface area contributed by atoms with Gasteiger partial charge in [-0.3, -0.25) is 4.98 Å². The number of nitrogens with two attached hydrogens (primary N) is 1. The number of nitrogens with zero attached hydrogens (tertiary/aromatic N) is 1. The Morgan fingerprint density at radius 2 is 2.17 bits per heavy atom. The van der Waals surface area contributed by atoms with E-state index in [-0.39, 0.29) is 0 Å². The number of aryl methyl sites for hydroxylation is 1. The van der Waals surface area contributed by atoms with E-state index in [1.807, 2.05) is 12.1 Å². The lowest BCUT2D eigenvalue weighted by Crippen LogP contribution is -2.12. The van der Waals surface area contributed by atoms with Gasteiger partial charge in [0.25, 0.3) is 0 Å². The molecule has 1 aromatic carbocycles. The summed E-state index contributed by atoms with van der Waals surface area (Å²) in [4.78, 5) is 4.42. The normalized spacial score (nSPS) is 10.1. The lowest BCUT2D eigenvalue weighted by Gasteiger charge is -2.08. The molecule has 3 N–H and O–H groups in total. The molecule has 0 bridgehead atoms. The number of rotatable bonds is 4. The van der Waals surface area contributed by atoms with Crippen LogP contribution in [0, 0.1) is 6.92 Å². The first-order valence-electron chi connectivity index (χ1n) is 5.70. The van der Waals surface area contributed by atoms with E-state index in [0.717, 1.165) is 12.2 Å². The van der Waals surface area contributed by atoms with Crippen molar-refractivity contribution in [1.29, 1.82) is 0 Å². The van der Waals surface area contributed by atoms with E-state index in [2.05, 4.69) is 41.5 Å². The molecule has 0 spiro atoms. The molecule has 3 nitrogen and oxygen atoms in total. The Balaban J connectivity index is 2.06. The second kappa shape index (κ2) is 5.60. The minimum Gasteiger partial charge on any atom is -0.388 e. The number of aromatic nitrogens is 1. The molecule has 4 heteroatoms. The topological polar surface area (TPSA) is 50.9 Å². The summed E-state index contributed by atoms with van der Waals surface area (Å²) in [6.45, 7) is 2.85. The first-order chi connectivity index (χ1) is 8.65. The Bertz CT molecular complexity index is 566. The third kappa shape index (κ3) is 3.28. The molecule has 0 saturated carbocycles. The highest BCUT2D eigenvalue weighted by Crippen LogP contribution is 2.11. The molecule has 2 aromatic rings. The maximum absolute atomic E-state index is 5.55. The molecule has 0 saturated heterocycles. The van der Waals surface area contributed by atoms with Gasteiger partial charge in [0.15, 0.2) is 0 Å². The number of hydrogen-bond donors (Lipinski definition) is 2. The summed E-state index contributed by atoms with van der Waals surface area (Å²) in [5.74, 6) is 0. The summed E-state index contributed by atoms with van der Waals surface area (Å²) in [5.41, 5.74) is 9.65. The lowest BCUT2D eigenvalue weighted by molar-refractivity contribution is 1.13.